The Labute approximate surface area is 315 Å². The summed E-state index contributed by atoms with van der Waals surface area (Å²) >= 11 is 0. The fraction of sp³-hybridized carbons (Fsp3) is 0.255. The van der Waals surface area contributed by atoms with Crippen LogP contribution in [0.15, 0.2) is 122 Å². The number of nitrogens with zero attached hydrogens (tertiary/aromatic N) is 2. The predicted molar refractivity (Wildman–Crippen MR) is 224 cm³/mol. The quantitative estimate of drug-likeness (QED) is 0.182. The van der Waals surface area contributed by atoms with Crippen molar-refractivity contribution >= 4 is 39.7 Å². The zero-order valence-electron chi connectivity index (χ0n) is 32.6. The van der Waals surface area contributed by atoms with Gasteiger partial charge in [-0.15, -0.1) is 0 Å². The van der Waals surface area contributed by atoms with Crippen LogP contribution in [0.1, 0.15) is 112 Å². The lowest BCUT2D eigenvalue weighted by atomic mass is 9.64. The molecule has 6 aromatic rings. The van der Waals surface area contributed by atoms with E-state index in [2.05, 4.69) is 187 Å². The summed E-state index contributed by atoms with van der Waals surface area (Å²) in [4.78, 5) is 5.09. The van der Waals surface area contributed by atoms with Gasteiger partial charge in [0, 0.05) is 44.4 Å². The van der Waals surface area contributed by atoms with Crippen LogP contribution in [0, 0.1) is 0 Å². The van der Waals surface area contributed by atoms with Crippen LogP contribution in [0.3, 0.4) is 0 Å². The fourth-order valence-corrected chi connectivity index (χ4v) is 10.2. The fourth-order valence-electron chi connectivity index (χ4n) is 10.2. The lowest BCUT2D eigenvalue weighted by Gasteiger charge is -2.52. The molecule has 0 bridgehead atoms. The highest BCUT2D eigenvalue weighted by Gasteiger charge is 2.49. The molecule has 0 aromatic heterocycles. The molecule has 2 nitrogen and oxygen atoms in total. The number of hydrogen-bond donors (Lipinski definition) is 0. The Morgan fingerprint density at radius 2 is 0.962 bits per heavy atom. The Morgan fingerprint density at radius 1 is 0.453 bits per heavy atom. The van der Waals surface area contributed by atoms with Crippen molar-refractivity contribution in [1.82, 2.24) is 0 Å². The van der Waals surface area contributed by atoms with Crippen LogP contribution >= 0.6 is 0 Å². The third-order valence-electron chi connectivity index (χ3n) is 13.3. The Bertz CT molecular complexity index is 2590. The van der Waals surface area contributed by atoms with E-state index >= 15 is 0 Å². The number of hydrogen-bond acceptors (Lipinski definition) is 2. The summed E-state index contributed by atoms with van der Waals surface area (Å²) in [5.74, 6) is 0. The van der Waals surface area contributed by atoms with Crippen LogP contribution in [-0.2, 0) is 21.7 Å². The molecule has 10 rings (SSSR count). The Hall–Kier alpha value is -5.34. The lowest BCUT2D eigenvalue weighted by molar-refractivity contribution is 0.590. The minimum absolute atomic E-state index is 0.0615. The highest BCUT2D eigenvalue weighted by molar-refractivity contribution is 6.08. The van der Waals surface area contributed by atoms with Crippen LogP contribution in [0.25, 0.3) is 16.7 Å². The first kappa shape index (κ1) is 32.3. The second-order valence-electron chi connectivity index (χ2n) is 18.4. The van der Waals surface area contributed by atoms with Crippen LogP contribution in [-0.4, -0.2) is 0 Å². The van der Waals surface area contributed by atoms with Crippen LogP contribution < -0.4 is 9.80 Å². The molecule has 3 aliphatic heterocycles. The third kappa shape index (κ3) is 4.10. The molecule has 3 heterocycles. The Kier molecular flexibility index (Phi) is 6.22. The highest BCUT2D eigenvalue weighted by Crippen LogP contribution is 2.65. The first-order chi connectivity index (χ1) is 25.1. The average molecular weight is 689 g/mol. The number of anilines is 6. The summed E-state index contributed by atoms with van der Waals surface area (Å²) in [6.45, 7) is 26.1. The van der Waals surface area contributed by atoms with Crippen molar-refractivity contribution in [3.63, 3.8) is 0 Å². The van der Waals surface area contributed by atoms with E-state index in [4.69, 9.17) is 6.58 Å². The van der Waals surface area contributed by atoms with E-state index in [1.54, 1.807) is 0 Å². The summed E-state index contributed by atoms with van der Waals surface area (Å²) < 4.78 is 0. The zero-order valence-corrected chi connectivity index (χ0v) is 32.6. The van der Waals surface area contributed by atoms with E-state index in [1.165, 1.54) is 83.9 Å². The van der Waals surface area contributed by atoms with Crippen molar-refractivity contribution < 1.29 is 0 Å². The predicted octanol–water partition coefficient (Wildman–Crippen LogP) is 13.9. The molecule has 4 aliphatic rings. The molecular formula is C51H48N2. The molecule has 0 N–H and O–H groups in total. The molecule has 0 spiro atoms. The lowest BCUT2D eigenvalue weighted by Crippen LogP contribution is -2.40. The van der Waals surface area contributed by atoms with Gasteiger partial charge in [-0.2, -0.15) is 0 Å². The van der Waals surface area contributed by atoms with Crippen molar-refractivity contribution in [2.45, 2.75) is 84.0 Å². The van der Waals surface area contributed by atoms with Gasteiger partial charge in [0.25, 0.3) is 0 Å². The van der Waals surface area contributed by atoms with Gasteiger partial charge in [0.15, 0.2) is 0 Å². The minimum Gasteiger partial charge on any atom is -0.310 e. The van der Waals surface area contributed by atoms with E-state index < -0.39 is 0 Å². The number of fused-ring (bicyclic) bond motifs is 3. The number of benzene rings is 6. The molecule has 2 heteroatoms. The van der Waals surface area contributed by atoms with Gasteiger partial charge in [0.05, 0.1) is 17.1 Å². The van der Waals surface area contributed by atoms with Crippen LogP contribution in [0.5, 0.6) is 0 Å². The van der Waals surface area contributed by atoms with Gasteiger partial charge < -0.3 is 9.80 Å². The zero-order chi connectivity index (χ0) is 37.0. The maximum Gasteiger partial charge on any atom is 0.0583 e. The first-order valence-corrected chi connectivity index (χ1v) is 19.2. The maximum atomic E-state index is 4.87. The van der Waals surface area contributed by atoms with Crippen LogP contribution in [0.2, 0.25) is 0 Å². The molecule has 0 saturated heterocycles. The smallest absolute Gasteiger partial charge is 0.0583 e. The number of rotatable bonds is 3. The Balaban J connectivity index is 1.25. The molecule has 0 unspecified atom stereocenters. The van der Waals surface area contributed by atoms with Gasteiger partial charge in [-0.05, 0) is 97.5 Å². The SMILES string of the molecule is C=C1c2cccc3c2N2c4c1cc(N(c1ccc(C(C)(C)C)cc1)c1ccc5c(c1)C(C)(C)c1ccccc1-5)cc4C(C)(C)c1cccc(c12)C3(C)C. The van der Waals surface area contributed by atoms with E-state index in [0.717, 1.165) is 16.9 Å². The molecule has 1 aliphatic carbocycles. The van der Waals surface area contributed by atoms with E-state index in [9.17, 15) is 0 Å². The van der Waals surface area contributed by atoms with Gasteiger partial charge in [-0.3, -0.25) is 0 Å². The normalized spacial score (nSPS) is 17.2. The summed E-state index contributed by atoms with van der Waals surface area (Å²) in [7, 11) is 0. The van der Waals surface area contributed by atoms with Crippen molar-refractivity contribution in [2.75, 3.05) is 9.80 Å². The van der Waals surface area contributed by atoms with E-state index in [0.29, 0.717) is 0 Å². The second-order valence-corrected chi connectivity index (χ2v) is 18.4. The maximum absolute atomic E-state index is 4.87. The summed E-state index contributed by atoms with van der Waals surface area (Å²) in [6, 6.07) is 44.0. The van der Waals surface area contributed by atoms with E-state index in [1.807, 2.05) is 0 Å². The van der Waals surface area contributed by atoms with Gasteiger partial charge in [0.2, 0.25) is 0 Å². The van der Waals surface area contributed by atoms with Gasteiger partial charge >= 0.3 is 0 Å². The summed E-state index contributed by atoms with van der Waals surface area (Å²) in [6.07, 6.45) is 0. The van der Waals surface area contributed by atoms with Gasteiger partial charge in [0.1, 0.15) is 0 Å². The van der Waals surface area contributed by atoms with Gasteiger partial charge in [-0.1, -0.05) is 148 Å². The van der Waals surface area contributed by atoms with Crippen molar-refractivity contribution in [1.29, 1.82) is 0 Å². The summed E-state index contributed by atoms with van der Waals surface area (Å²) in [5.41, 5.74) is 22.8. The number of para-hydroxylation sites is 2. The monoisotopic (exact) mass is 688 g/mol. The third-order valence-corrected chi connectivity index (χ3v) is 13.3. The largest absolute Gasteiger partial charge is 0.310 e. The van der Waals surface area contributed by atoms with Crippen molar-refractivity contribution in [3.8, 4) is 11.1 Å². The second kappa shape index (κ2) is 10.2. The topological polar surface area (TPSA) is 6.48 Å². The average Bonchev–Trinajstić information content (AvgIpc) is 3.36. The molecule has 0 atom stereocenters. The molecule has 6 aromatic carbocycles. The first-order valence-electron chi connectivity index (χ1n) is 19.2. The molecule has 53 heavy (non-hydrogen) atoms. The molecular weight excluding hydrogens is 641 g/mol. The van der Waals surface area contributed by atoms with Crippen molar-refractivity contribution in [2.24, 2.45) is 0 Å². The van der Waals surface area contributed by atoms with Gasteiger partial charge in [-0.25, -0.2) is 0 Å². The minimum atomic E-state index is -0.245. The van der Waals surface area contributed by atoms with Crippen molar-refractivity contribution in [3.05, 3.63) is 172 Å². The highest BCUT2D eigenvalue weighted by atomic mass is 15.2. The van der Waals surface area contributed by atoms with Crippen LogP contribution in [0.4, 0.5) is 34.1 Å². The molecule has 0 fully saturated rings. The summed E-state index contributed by atoms with van der Waals surface area (Å²) in [5, 5.41) is 0. The Morgan fingerprint density at radius 3 is 1.66 bits per heavy atom. The standard InChI is InChI=1S/C51H48N2/c1-30-35-16-13-18-40-45(35)53-46-38(30)27-34(29-44(46)51(9,10)42-20-14-19-41(47(42)53)50(40,7)8)52(32-23-21-31(22-24-32)48(2,3)4)33-25-26-37-36-15-11-12-17-39(36)49(5,6)43(37)28-33/h11-29H,1H2,2-10H3. The van der Waals surface area contributed by atoms with E-state index in [-0.39, 0.29) is 21.7 Å². The molecule has 0 radical (unpaired) electrons. The molecule has 0 amide bonds. The molecule has 0 saturated carbocycles. The molecule has 262 valence electrons.